The quantitative estimate of drug-likeness (QED) is 0.351. The lowest BCUT2D eigenvalue weighted by Crippen LogP contribution is -2.45. The van der Waals surface area contributed by atoms with Gasteiger partial charge in [0.2, 0.25) is 5.91 Å². The fraction of sp³-hybridized carbons (Fsp3) is 0.308. The topological polar surface area (TPSA) is 110 Å². The SMILES string of the molecule is CS(=O)(=O)CCC(=O)NC1CCN(c2ncnc3c2nc(-c2ccccc2Cl)n3-c2ccc(Cl)cc2)CC1. The molecular weight excluding hydrogens is 547 g/mol. The number of aromatic nitrogens is 4. The molecule has 9 nitrogen and oxygen atoms in total. The van der Waals surface area contributed by atoms with Crippen LogP contribution in [0.3, 0.4) is 0 Å². The number of halogens is 2. The molecule has 1 N–H and O–H groups in total. The second-order valence-corrected chi connectivity index (χ2v) is 12.4. The predicted octanol–water partition coefficient (Wildman–Crippen LogP) is 4.31. The van der Waals surface area contributed by atoms with Crippen molar-refractivity contribution in [2.75, 3.05) is 30.0 Å². The molecule has 1 saturated heterocycles. The smallest absolute Gasteiger partial charge is 0.221 e. The molecule has 0 saturated carbocycles. The minimum Gasteiger partial charge on any atom is -0.355 e. The lowest BCUT2D eigenvalue weighted by Gasteiger charge is -2.33. The van der Waals surface area contributed by atoms with Crippen molar-refractivity contribution in [2.24, 2.45) is 0 Å². The van der Waals surface area contributed by atoms with E-state index in [-0.39, 0.29) is 24.1 Å². The van der Waals surface area contributed by atoms with Gasteiger partial charge >= 0.3 is 0 Å². The first-order valence-electron chi connectivity index (χ1n) is 12.2. The van der Waals surface area contributed by atoms with E-state index in [0.717, 1.165) is 17.5 Å². The van der Waals surface area contributed by atoms with Crippen molar-refractivity contribution in [3.05, 3.63) is 64.9 Å². The molecule has 12 heteroatoms. The molecule has 3 heterocycles. The molecule has 1 fully saturated rings. The number of nitrogens with one attached hydrogen (secondary N) is 1. The number of anilines is 1. The molecule has 5 rings (SSSR count). The lowest BCUT2D eigenvalue weighted by molar-refractivity contribution is -0.121. The van der Waals surface area contributed by atoms with Crippen molar-refractivity contribution in [2.45, 2.75) is 25.3 Å². The van der Waals surface area contributed by atoms with Gasteiger partial charge in [-0.3, -0.25) is 9.36 Å². The molecule has 2 aromatic carbocycles. The maximum atomic E-state index is 12.2. The van der Waals surface area contributed by atoms with E-state index in [2.05, 4.69) is 20.2 Å². The molecule has 38 heavy (non-hydrogen) atoms. The third-order valence-corrected chi connectivity index (χ3v) is 8.01. The number of nitrogens with zero attached hydrogens (tertiary/aromatic N) is 5. The van der Waals surface area contributed by atoms with Crippen LogP contribution >= 0.6 is 23.2 Å². The van der Waals surface area contributed by atoms with Gasteiger partial charge in [-0.1, -0.05) is 35.3 Å². The standard InChI is InChI=1S/C26H26Cl2N6O3S/c1-38(36,37)15-12-22(35)31-18-10-13-33(14-11-18)25-23-26(30-16-29-25)34(19-8-6-17(27)7-9-19)24(32-23)20-4-2-3-5-21(20)28/h2-9,16,18H,10-15H2,1H3,(H,31,35). The zero-order chi connectivity index (χ0) is 26.9. The molecule has 1 aliphatic rings. The summed E-state index contributed by atoms with van der Waals surface area (Å²) in [6.07, 6.45) is 4.03. The summed E-state index contributed by atoms with van der Waals surface area (Å²) in [4.78, 5) is 28.5. The van der Waals surface area contributed by atoms with Crippen molar-refractivity contribution >= 4 is 55.9 Å². The number of sulfone groups is 1. The van der Waals surface area contributed by atoms with Gasteiger partial charge in [0.05, 0.1) is 10.8 Å². The first-order valence-corrected chi connectivity index (χ1v) is 15.0. The first kappa shape index (κ1) is 26.4. The summed E-state index contributed by atoms with van der Waals surface area (Å²) in [7, 11) is -3.18. The van der Waals surface area contributed by atoms with Crippen LogP contribution in [0.1, 0.15) is 19.3 Å². The zero-order valence-electron chi connectivity index (χ0n) is 20.6. The van der Waals surface area contributed by atoms with Crippen LogP contribution in [0.15, 0.2) is 54.9 Å². The van der Waals surface area contributed by atoms with Gasteiger partial charge in [0.15, 0.2) is 17.0 Å². The Bertz CT molecular complexity index is 1580. The average molecular weight is 574 g/mol. The Morgan fingerprint density at radius 3 is 2.45 bits per heavy atom. The van der Waals surface area contributed by atoms with Crippen molar-refractivity contribution in [3.8, 4) is 17.1 Å². The number of piperidine rings is 1. The molecule has 4 aromatic rings. The summed E-state index contributed by atoms with van der Waals surface area (Å²) in [6.45, 7) is 1.30. The molecule has 2 aromatic heterocycles. The van der Waals surface area contributed by atoms with Crippen LogP contribution in [0.5, 0.6) is 0 Å². The molecule has 0 radical (unpaired) electrons. The summed E-state index contributed by atoms with van der Waals surface area (Å²) < 4.78 is 24.7. The van der Waals surface area contributed by atoms with Crippen LogP contribution < -0.4 is 10.2 Å². The number of benzene rings is 2. The molecule has 0 spiro atoms. The number of amides is 1. The van der Waals surface area contributed by atoms with E-state index >= 15 is 0 Å². The van der Waals surface area contributed by atoms with Gasteiger partial charge in [-0.2, -0.15) is 0 Å². The van der Waals surface area contributed by atoms with Crippen LogP contribution in [0, 0.1) is 0 Å². The Morgan fingerprint density at radius 2 is 1.76 bits per heavy atom. The van der Waals surface area contributed by atoms with E-state index in [9.17, 15) is 13.2 Å². The van der Waals surface area contributed by atoms with Gasteiger partial charge in [0, 0.05) is 48.1 Å². The van der Waals surface area contributed by atoms with Gasteiger partial charge in [0.1, 0.15) is 22.0 Å². The van der Waals surface area contributed by atoms with Crippen LogP contribution in [0.25, 0.3) is 28.2 Å². The fourth-order valence-corrected chi connectivity index (χ4v) is 5.49. The molecule has 1 amide bonds. The number of fused-ring (bicyclic) bond motifs is 1. The van der Waals surface area contributed by atoms with E-state index in [0.29, 0.717) is 58.8 Å². The molecule has 198 valence electrons. The maximum absolute atomic E-state index is 12.2. The Hall–Kier alpha value is -3.21. The molecule has 0 atom stereocenters. The first-order chi connectivity index (χ1) is 18.2. The predicted molar refractivity (Wildman–Crippen MR) is 150 cm³/mol. The third kappa shape index (κ3) is 5.77. The monoisotopic (exact) mass is 572 g/mol. The number of hydrogen-bond acceptors (Lipinski definition) is 7. The molecular formula is C26H26Cl2N6O3S. The number of imidazole rings is 1. The maximum Gasteiger partial charge on any atom is 0.221 e. The van der Waals surface area contributed by atoms with E-state index in [4.69, 9.17) is 28.2 Å². The summed E-state index contributed by atoms with van der Waals surface area (Å²) in [5.41, 5.74) is 2.90. The van der Waals surface area contributed by atoms with E-state index < -0.39 is 9.84 Å². The Kier molecular flexibility index (Phi) is 7.56. The van der Waals surface area contributed by atoms with Gasteiger partial charge in [0.25, 0.3) is 0 Å². The lowest BCUT2D eigenvalue weighted by atomic mass is 10.0. The molecule has 0 unspecified atom stereocenters. The van der Waals surface area contributed by atoms with Gasteiger partial charge in [-0.05, 0) is 49.2 Å². The Labute approximate surface area is 230 Å². The summed E-state index contributed by atoms with van der Waals surface area (Å²) in [6, 6.07) is 14.9. The second-order valence-electron chi connectivity index (χ2n) is 9.31. The second kappa shape index (κ2) is 10.9. The minimum atomic E-state index is -3.18. The van der Waals surface area contributed by atoms with Gasteiger partial charge in [-0.15, -0.1) is 0 Å². The zero-order valence-corrected chi connectivity index (χ0v) is 23.0. The van der Waals surface area contributed by atoms with Crippen LogP contribution in [-0.2, 0) is 14.6 Å². The van der Waals surface area contributed by atoms with Crippen LogP contribution in [-0.4, -0.2) is 65.0 Å². The Balaban J connectivity index is 1.45. The summed E-state index contributed by atoms with van der Waals surface area (Å²) in [5.74, 6) is 0.950. The number of carbonyl (C=O) groups is 1. The van der Waals surface area contributed by atoms with E-state index in [1.54, 1.807) is 0 Å². The highest BCUT2D eigenvalue weighted by atomic mass is 35.5. The van der Waals surface area contributed by atoms with Crippen molar-refractivity contribution in [1.82, 2.24) is 24.8 Å². The van der Waals surface area contributed by atoms with Crippen molar-refractivity contribution < 1.29 is 13.2 Å². The van der Waals surface area contributed by atoms with Crippen molar-refractivity contribution in [1.29, 1.82) is 0 Å². The average Bonchev–Trinajstić information content (AvgIpc) is 3.28. The van der Waals surface area contributed by atoms with E-state index in [1.807, 2.05) is 53.1 Å². The van der Waals surface area contributed by atoms with Crippen LogP contribution in [0.2, 0.25) is 10.0 Å². The highest BCUT2D eigenvalue weighted by Crippen LogP contribution is 2.35. The van der Waals surface area contributed by atoms with Gasteiger partial charge in [-0.25, -0.2) is 23.4 Å². The van der Waals surface area contributed by atoms with Gasteiger partial charge < -0.3 is 10.2 Å². The molecule has 0 bridgehead atoms. The fourth-order valence-electron chi connectivity index (χ4n) is 4.58. The highest BCUT2D eigenvalue weighted by molar-refractivity contribution is 7.90. The Morgan fingerprint density at radius 1 is 1.05 bits per heavy atom. The van der Waals surface area contributed by atoms with Crippen molar-refractivity contribution in [3.63, 3.8) is 0 Å². The summed E-state index contributed by atoms with van der Waals surface area (Å²) >= 11 is 12.7. The number of hydrogen-bond donors (Lipinski definition) is 1. The molecule has 1 aliphatic heterocycles. The minimum absolute atomic E-state index is 0.0269. The largest absolute Gasteiger partial charge is 0.355 e. The normalized spacial score (nSPS) is 14.7. The summed E-state index contributed by atoms with van der Waals surface area (Å²) in [5, 5.41) is 4.15. The number of carbonyl (C=O) groups excluding carboxylic acids is 1. The third-order valence-electron chi connectivity index (χ3n) is 6.48. The van der Waals surface area contributed by atoms with Crippen LogP contribution in [0.4, 0.5) is 5.82 Å². The number of rotatable bonds is 7. The molecule has 0 aliphatic carbocycles. The highest BCUT2D eigenvalue weighted by Gasteiger charge is 2.26. The van der Waals surface area contributed by atoms with E-state index in [1.165, 1.54) is 6.33 Å².